The van der Waals surface area contributed by atoms with Crippen molar-refractivity contribution in [3.8, 4) is 0 Å². The standard InChI is InChI=1S/C14H27N3O/c1-14(2,3)16-12-13-15-8-10-17(13)9-6-4-5-7-11-18/h8,10,16,18H,4-7,9,11-12H2,1-3H3. The Morgan fingerprint density at radius 1 is 1.22 bits per heavy atom. The van der Waals surface area contributed by atoms with Crippen LogP contribution in [0.15, 0.2) is 12.4 Å². The second kappa shape index (κ2) is 7.54. The molecule has 0 aromatic carbocycles. The zero-order valence-corrected chi connectivity index (χ0v) is 11.9. The molecule has 1 aromatic heterocycles. The predicted molar refractivity (Wildman–Crippen MR) is 74.4 cm³/mol. The summed E-state index contributed by atoms with van der Waals surface area (Å²) < 4.78 is 2.22. The van der Waals surface area contributed by atoms with E-state index in [-0.39, 0.29) is 5.54 Å². The molecule has 0 aliphatic carbocycles. The molecule has 0 atom stereocenters. The summed E-state index contributed by atoms with van der Waals surface area (Å²) in [6.07, 6.45) is 8.27. The van der Waals surface area contributed by atoms with Crippen molar-refractivity contribution in [2.24, 2.45) is 0 Å². The molecule has 18 heavy (non-hydrogen) atoms. The molecule has 4 nitrogen and oxygen atoms in total. The molecule has 0 fully saturated rings. The van der Waals surface area contributed by atoms with E-state index in [1.165, 1.54) is 6.42 Å². The van der Waals surface area contributed by atoms with Gasteiger partial charge < -0.3 is 15.0 Å². The van der Waals surface area contributed by atoms with Gasteiger partial charge in [0.1, 0.15) is 5.82 Å². The Labute approximate surface area is 110 Å². The number of imidazole rings is 1. The molecule has 0 unspecified atom stereocenters. The molecule has 2 N–H and O–H groups in total. The topological polar surface area (TPSA) is 50.1 Å². The lowest BCUT2D eigenvalue weighted by molar-refractivity contribution is 0.282. The van der Waals surface area contributed by atoms with Gasteiger partial charge in [0.25, 0.3) is 0 Å². The van der Waals surface area contributed by atoms with Crippen LogP contribution in [-0.2, 0) is 13.1 Å². The summed E-state index contributed by atoms with van der Waals surface area (Å²) in [5.41, 5.74) is 0.123. The Hall–Kier alpha value is -0.870. The van der Waals surface area contributed by atoms with Crippen LogP contribution in [0.5, 0.6) is 0 Å². The number of aliphatic hydroxyl groups excluding tert-OH is 1. The van der Waals surface area contributed by atoms with Crippen LogP contribution in [0.4, 0.5) is 0 Å². The number of aliphatic hydroxyl groups is 1. The average molecular weight is 253 g/mol. The van der Waals surface area contributed by atoms with Crippen LogP contribution in [0.1, 0.15) is 52.3 Å². The summed E-state index contributed by atoms with van der Waals surface area (Å²) in [4.78, 5) is 4.39. The van der Waals surface area contributed by atoms with E-state index in [1.807, 2.05) is 12.4 Å². The molecule has 1 heterocycles. The summed E-state index contributed by atoms with van der Waals surface area (Å²) >= 11 is 0. The van der Waals surface area contributed by atoms with Crippen molar-refractivity contribution in [2.75, 3.05) is 6.61 Å². The largest absolute Gasteiger partial charge is 0.396 e. The Morgan fingerprint density at radius 3 is 2.61 bits per heavy atom. The van der Waals surface area contributed by atoms with E-state index in [9.17, 15) is 0 Å². The number of rotatable bonds is 8. The molecule has 104 valence electrons. The fourth-order valence-corrected chi connectivity index (χ4v) is 1.80. The van der Waals surface area contributed by atoms with E-state index in [4.69, 9.17) is 5.11 Å². The molecule has 4 heteroatoms. The molecule has 0 saturated carbocycles. The normalized spacial score (nSPS) is 12.0. The third-order valence-corrected chi connectivity index (χ3v) is 2.89. The van der Waals surface area contributed by atoms with Gasteiger partial charge in [0.15, 0.2) is 0 Å². The molecule has 1 rings (SSSR count). The molecule has 0 aliphatic rings. The van der Waals surface area contributed by atoms with Crippen molar-refractivity contribution in [1.82, 2.24) is 14.9 Å². The SMILES string of the molecule is CC(C)(C)NCc1nccn1CCCCCCO. The first-order valence-corrected chi connectivity index (χ1v) is 6.89. The van der Waals surface area contributed by atoms with Gasteiger partial charge >= 0.3 is 0 Å². The van der Waals surface area contributed by atoms with E-state index >= 15 is 0 Å². The van der Waals surface area contributed by atoms with Crippen LogP contribution in [0.2, 0.25) is 0 Å². The van der Waals surface area contributed by atoms with Crippen molar-refractivity contribution < 1.29 is 5.11 Å². The highest BCUT2D eigenvalue weighted by Crippen LogP contribution is 2.06. The lowest BCUT2D eigenvalue weighted by Gasteiger charge is -2.20. The first kappa shape index (κ1) is 15.2. The minimum absolute atomic E-state index is 0.123. The highest BCUT2D eigenvalue weighted by Gasteiger charge is 2.10. The molecule has 0 aliphatic heterocycles. The summed E-state index contributed by atoms with van der Waals surface area (Å²) in [5, 5.41) is 12.2. The third kappa shape index (κ3) is 6.17. The number of hydrogen-bond donors (Lipinski definition) is 2. The fourth-order valence-electron chi connectivity index (χ4n) is 1.80. The van der Waals surface area contributed by atoms with Crippen molar-refractivity contribution >= 4 is 0 Å². The second-order valence-corrected chi connectivity index (χ2v) is 5.78. The van der Waals surface area contributed by atoms with Gasteiger partial charge in [0.05, 0.1) is 6.54 Å². The Bertz CT molecular complexity index is 328. The van der Waals surface area contributed by atoms with Gasteiger partial charge in [-0.15, -0.1) is 0 Å². The van der Waals surface area contributed by atoms with E-state index in [0.717, 1.165) is 38.2 Å². The highest BCUT2D eigenvalue weighted by atomic mass is 16.2. The van der Waals surface area contributed by atoms with Gasteiger partial charge in [-0.25, -0.2) is 4.98 Å². The number of nitrogens with one attached hydrogen (secondary N) is 1. The summed E-state index contributed by atoms with van der Waals surface area (Å²) in [6, 6.07) is 0. The quantitative estimate of drug-likeness (QED) is 0.699. The number of hydrogen-bond acceptors (Lipinski definition) is 3. The zero-order chi connectivity index (χ0) is 13.4. The predicted octanol–water partition coefficient (Wildman–Crippen LogP) is 2.32. The molecular weight excluding hydrogens is 226 g/mol. The van der Waals surface area contributed by atoms with Gasteiger partial charge in [0, 0.05) is 31.1 Å². The third-order valence-electron chi connectivity index (χ3n) is 2.89. The number of aryl methyl sites for hydroxylation is 1. The average Bonchev–Trinajstić information content (AvgIpc) is 2.73. The van der Waals surface area contributed by atoms with Gasteiger partial charge in [-0.05, 0) is 33.6 Å². The fraction of sp³-hybridized carbons (Fsp3) is 0.786. The maximum atomic E-state index is 8.72. The van der Waals surface area contributed by atoms with E-state index in [0.29, 0.717) is 6.61 Å². The van der Waals surface area contributed by atoms with Crippen LogP contribution >= 0.6 is 0 Å². The molecule has 0 bridgehead atoms. The molecule has 0 radical (unpaired) electrons. The summed E-state index contributed by atoms with van der Waals surface area (Å²) in [6.45, 7) is 8.63. The monoisotopic (exact) mass is 253 g/mol. The van der Waals surface area contributed by atoms with Gasteiger partial charge in [-0.1, -0.05) is 12.8 Å². The van der Waals surface area contributed by atoms with Crippen LogP contribution in [-0.4, -0.2) is 26.8 Å². The second-order valence-electron chi connectivity index (χ2n) is 5.78. The molecule has 0 amide bonds. The maximum absolute atomic E-state index is 8.72. The lowest BCUT2D eigenvalue weighted by Crippen LogP contribution is -2.35. The van der Waals surface area contributed by atoms with Crippen molar-refractivity contribution in [2.45, 2.75) is 65.1 Å². The van der Waals surface area contributed by atoms with Crippen LogP contribution in [0, 0.1) is 0 Å². The number of aromatic nitrogens is 2. The minimum atomic E-state index is 0.123. The summed E-state index contributed by atoms with van der Waals surface area (Å²) in [7, 11) is 0. The summed E-state index contributed by atoms with van der Waals surface area (Å²) in [5.74, 6) is 1.10. The Balaban J connectivity index is 2.31. The lowest BCUT2D eigenvalue weighted by atomic mass is 10.1. The van der Waals surface area contributed by atoms with E-state index in [2.05, 4.69) is 35.6 Å². The van der Waals surface area contributed by atoms with Crippen LogP contribution < -0.4 is 5.32 Å². The zero-order valence-electron chi connectivity index (χ0n) is 11.9. The maximum Gasteiger partial charge on any atom is 0.122 e. The molecule has 0 saturated heterocycles. The van der Waals surface area contributed by atoms with Crippen molar-refractivity contribution in [3.05, 3.63) is 18.2 Å². The van der Waals surface area contributed by atoms with Crippen molar-refractivity contribution in [3.63, 3.8) is 0 Å². The number of unbranched alkanes of at least 4 members (excludes halogenated alkanes) is 3. The molecule has 0 spiro atoms. The Morgan fingerprint density at radius 2 is 1.94 bits per heavy atom. The molecule has 1 aromatic rings. The molecular formula is C14H27N3O. The highest BCUT2D eigenvalue weighted by molar-refractivity contribution is 4.93. The van der Waals surface area contributed by atoms with Crippen molar-refractivity contribution in [1.29, 1.82) is 0 Å². The van der Waals surface area contributed by atoms with Gasteiger partial charge in [-0.3, -0.25) is 0 Å². The van der Waals surface area contributed by atoms with E-state index < -0.39 is 0 Å². The minimum Gasteiger partial charge on any atom is -0.396 e. The smallest absolute Gasteiger partial charge is 0.122 e. The van der Waals surface area contributed by atoms with Gasteiger partial charge in [0.2, 0.25) is 0 Å². The van der Waals surface area contributed by atoms with E-state index in [1.54, 1.807) is 0 Å². The van der Waals surface area contributed by atoms with Crippen LogP contribution in [0.3, 0.4) is 0 Å². The first-order chi connectivity index (χ1) is 8.53. The Kier molecular flexibility index (Phi) is 6.36. The van der Waals surface area contributed by atoms with Gasteiger partial charge in [-0.2, -0.15) is 0 Å². The first-order valence-electron chi connectivity index (χ1n) is 6.89. The van der Waals surface area contributed by atoms with Crippen LogP contribution in [0.25, 0.3) is 0 Å². The number of nitrogens with zero attached hydrogens (tertiary/aromatic N) is 2.